The number of nitriles is 1. The molecule has 1 heterocycles. The van der Waals surface area contributed by atoms with Crippen molar-refractivity contribution >= 4 is 22.2 Å². The lowest BCUT2D eigenvalue weighted by molar-refractivity contribution is -0.115. The Bertz CT molecular complexity index is 542. The fourth-order valence-corrected chi connectivity index (χ4v) is 3.80. The fourth-order valence-electron chi connectivity index (χ4n) is 2.42. The summed E-state index contributed by atoms with van der Waals surface area (Å²) in [5.41, 5.74) is 1.83. The highest BCUT2D eigenvalue weighted by molar-refractivity contribution is 7.16. The summed E-state index contributed by atoms with van der Waals surface area (Å²) in [6.07, 6.45) is 3.10. The largest absolute Gasteiger partial charge is 0.315 e. The topological polar surface area (TPSA) is 64.9 Å². The van der Waals surface area contributed by atoms with Crippen molar-refractivity contribution in [1.82, 2.24) is 5.32 Å². The summed E-state index contributed by atoms with van der Waals surface area (Å²) < 4.78 is 0. The third-order valence-electron chi connectivity index (χ3n) is 3.55. The van der Waals surface area contributed by atoms with Crippen molar-refractivity contribution in [3.8, 4) is 6.07 Å². The Morgan fingerprint density at radius 2 is 2.30 bits per heavy atom. The van der Waals surface area contributed by atoms with Gasteiger partial charge in [0.2, 0.25) is 5.91 Å². The van der Waals surface area contributed by atoms with Crippen molar-refractivity contribution in [2.75, 3.05) is 11.9 Å². The summed E-state index contributed by atoms with van der Waals surface area (Å²) in [5, 5.41) is 16.0. The molecule has 1 amide bonds. The smallest absolute Gasteiger partial charge is 0.238 e. The van der Waals surface area contributed by atoms with Gasteiger partial charge in [-0.2, -0.15) is 5.26 Å². The Morgan fingerprint density at radius 1 is 1.55 bits per heavy atom. The molecule has 0 fully saturated rings. The summed E-state index contributed by atoms with van der Waals surface area (Å²) in [5.74, 6) is 0.584. The number of rotatable bonds is 4. The lowest BCUT2D eigenvalue weighted by Crippen LogP contribution is -2.32. The number of hydrogen-bond acceptors (Lipinski definition) is 4. The summed E-state index contributed by atoms with van der Waals surface area (Å²) in [6, 6.07) is 2.54. The van der Waals surface area contributed by atoms with Gasteiger partial charge in [-0.3, -0.25) is 4.79 Å². The highest BCUT2D eigenvalue weighted by atomic mass is 32.1. The van der Waals surface area contributed by atoms with Gasteiger partial charge in [0.05, 0.1) is 12.1 Å². The van der Waals surface area contributed by atoms with E-state index in [1.165, 1.54) is 4.88 Å². The molecule has 0 saturated carbocycles. The number of nitrogens with one attached hydrogen (secondary N) is 2. The second-order valence-corrected chi connectivity index (χ2v) is 6.86. The van der Waals surface area contributed by atoms with Crippen LogP contribution in [0.2, 0.25) is 0 Å². The number of fused-ring (bicyclic) bond motifs is 1. The third kappa shape index (κ3) is 3.38. The molecule has 1 unspecified atom stereocenters. The van der Waals surface area contributed by atoms with Crippen LogP contribution in [-0.2, 0) is 17.6 Å². The van der Waals surface area contributed by atoms with Gasteiger partial charge in [-0.15, -0.1) is 11.3 Å². The first kappa shape index (κ1) is 15.0. The van der Waals surface area contributed by atoms with Gasteiger partial charge in [0.15, 0.2) is 0 Å². The van der Waals surface area contributed by atoms with Crippen LogP contribution in [0.3, 0.4) is 0 Å². The van der Waals surface area contributed by atoms with Crippen molar-refractivity contribution in [2.45, 2.75) is 46.1 Å². The lowest BCUT2D eigenvalue weighted by atomic mass is 9.89. The molecule has 1 aliphatic rings. The zero-order valence-corrected chi connectivity index (χ0v) is 13.1. The van der Waals surface area contributed by atoms with Crippen LogP contribution in [0.1, 0.15) is 43.2 Å². The first-order valence-corrected chi connectivity index (χ1v) is 7.90. The molecule has 1 aliphatic carbocycles. The van der Waals surface area contributed by atoms with Gasteiger partial charge < -0.3 is 10.6 Å². The Balaban J connectivity index is 2.12. The quantitative estimate of drug-likeness (QED) is 0.896. The Kier molecular flexibility index (Phi) is 4.79. The minimum absolute atomic E-state index is 0.0816. The SMILES string of the molecule is CC1CCc2c(sc(NC(=O)CNC(C)C)c2C#N)C1. The molecule has 5 heteroatoms. The zero-order valence-electron chi connectivity index (χ0n) is 12.2. The third-order valence-corrected chi connectivity index (χ3v) is 4.72. The monoisotopic (exact) mass is 291 g/mol. The van der Waals surface area contributed by atoms with Crippen LogP contribution >= 0.6 is 11.3 Å². The van der Waals surface area contributed by atoms with Crippen LogP contribution in [0, 0.1) is 17.2 Å². The number of anilines is 1. The molecular formula is C15H21N3OS. The van der Waals surface area contributed by atoms with E-state index in [-0.39, 0.29) is 18.5 Å². The van der Waals surface area contributed by atoms with Crippen molar-refractivity contribution < 1.29 is 4.79 Å². The fraction of sp³-hybridized carbons (Fsp3) is 0.600. The second kappa shape index (κ2) is 6.38. The predicted molar refractivity (Wildman–Crippen MR) is 82.0 cm³/mol. The average Bonchev–Trinajstić information content (AvgIpc) is 2.72. The summed E-state index contributed by atoms with van der Waals surface area (Å²) in [6.45, 7) is 6.51. The predicted octanol–water partition coefficient (Wildman–Crippen LogP) is 2.68. The van der Waals surface area contributed by atoms with Crippen molar-refractivity contribution in [3.63, 3.8) is 0 Å². The van der Waals surface area contributed by atoms with E-state index in [2.05, 4.69) is 23.6 Å². The molecule has 2 N–H and O–H groups in total. The minimum atomic E-state index is -0.0816. The molecule has 0 radical (unpaired) electrons. The van der Waals surface area contributed by atoms with E-state index in [0.717, 1.165) is 29.8 Å². The molecule has 20 heavy (non-hydrogen) atoms. The molecule has 1 atom stereocenters. The maximum Gasteiger partial charge on any atom is 0.238 e. The van der Waals surface area contributed by atoms with Gasteiger partial charge in [0.25, 0.3) is 0 Å². The van der Waals surface area contributed by atoms with E-state index >= 15 is 0 Å². The summed E-state index contributed by atoms with van der Waals surface area (Å²) >= 11 is 1.57. The van der Waals surface area contributed by atoms with E-state index in [1.807, 2.05) is 13.8 Å². The molecule has 0 aromatic carbocycles. The number of thiophene rings is 1. The minimum Gasteiger partial charge on any atom is -0.315 e. The van der Waals surface area contributed by atoms with Crippen molar-refractivity contribution in [1.29, 1.82) is 5.26 Å². The van der Waals surface area contributed by atoms with E-state index in [4.69, 9.17) is 0 Å². The maximum absolute atomic E-state index is 11.9. The normalized spacial score (nSPS) is 17.6. The number of carbonyl (C=O) groups excluding carboxylic acids is 1. The van der Waals surface area contributed by atoms with Crippen LogP contribution in [0.5, 0.6) is 0 Å². The van der Waals surface area contributed by atoms with Crippen LogP contribution in [0.4, 0.5) is 5.00 Å². The van der Waals surface area contributed by atoms with E-state index in [1.54, 1.807) is 11.3 Å². The molecule has 0 spiro atoms. The van der Waals surface area contributed by atoms with Gasteiger partial charge in [0, 0.05) is 10.9 Å². The highest BCUT2D eigenvalue weighted by Gasteiger charge is 2.24. The number of amides is 1. The highest BCUT2D eigenvalue weighted by Crippen LogP contribution is 2.39. The number of carbonyl (C=O) groups is 1. The number of hydrogen-bond donors (Lipinski definition) is 2. The Labute approximate surface area is 124 Å². The molecule has 4 nitrogen and oxygen atoms in total. The van der Waals surface area contributed by atoms with Crippen LogP contribution in [0.15, 0.2) is 0 Å². The lowest BCUT2D eigenvalue weighted by Gasteiger charge is -2.17. The van der Waals surface area contributed by atoms with Crippen molar-refractivity contribution in [2.24, 2.45) is 5.92 Å². The molecule has 0 saturated heterocycles. The van der Waals surface area contributed by atoms with Gasteiger partial charge in [-0.25, -0.2) is 0 Å². The van der Waals surface area contributed by atoms with Crippen molar-refractivity contribution in [3.05, 3.63) is 16.0 Å². The first-order valence-electron chi connectivity index (χ1n) is 7.09. The molecule has 1 aromatic rings. The molecule has 0 bridgehead atoms. The van der Waals surface area contributed by atoms with Crippen LogP contribution < -0.4 is 10.6 Å². The molecular weight excluding hydrogens is 270 g/mol. The van der Waals surface area contributed by atoms with E-state index in [0.29, 0.717) is 11.5 Å². The first-order chi connectivity index (χ1) is 9.51. The summed E-state index contributed by atoms with van der Waals surface area (Å²) in [7, 11) is 0. The van der Waals surface area contributed by atoms with Gasteiger partial charge >= 0.3 is 0 Å². The Hall–Kier alpha value is -1.38. The molecule has 1 aromatic heterocycles. The number of nitrogens with zero attached hydrogens (tertiary/aromatic N) is 1. The van der Waals surface area contributed by atoms with E-state index < -0.39 is 0 Å². The second-order valence-electron chi connectivity index (χ2n) is 5.75. The average molecular weight is 291 g/mol. The van der Waals surface area contributed by atoms with E-state index in [9.17, 15) is 10.1 Å². The van der Waals surface area contributed by atoms with Crippen LogP contribution in [0.25, 0.3) is 0 Å². The van der Waals surface area contributed by atoms with Gasteiger partial charge in [-0.1, -0.05) is 20.8 Å². The Morgan fingerprint density at radius 3 is 2.95 bits per heavy atom. The summed E-state index contributed by atoms with van der Waals surface area (Å²) in [4.78, 5) is 13.2. The maximum atomic E-state index is 11.9. The molecule has 2 rings (SSSR count). The van der Waals surface area contributed by atoms with Crippen LogP contribution in [-0.4, -0.2) is 18.5 Å². The van der Waals surface area contributed by atoms with Gasteiger partial charge in [0.1, 0.15) is 11.1 Å². The van der Waals surface area contributed by atoms with Gasteiger partial charge in [-0.05, 0) is 30.7 Å². The standard InChI is InChI=1S/C15H21N3OS/c1-9(2)17-8-14(19)18-15-12(7-16)11-5-4-10(3)6-13(11)20-15/h9-10,17H,4-6,8H2,1-3H3,(H,18,19). The zero-order chi connectivity index (χ0) is 14.7. The molecule has 108 valence electrons. The molecule has 0 aliphatic heterocycles.